The zero-order valence-corrected chi connectivity index (χ0v) is 8.70. The van der Waals surface area contributed by atoms with E-state index in [1.165, 1.54) is 37.2 Å². The molecule has 0 aromatic heterocycles. The van der Waals surface area contributed by atoms with Gasteiger partial charge in [0.1, 0.15) is 0 Å². The van der Waals surface area contributed by atoms with E-state index in [-0.39, 0.29) is 0 Å². The van der Waals surface area contributed by atoms with Crippen LogP contribution >= 0.6 is 11.8 Å². The molecule has 2 fully saturated rings. The molecule has 2 heteroatoms. The first kappa shape index (κ1) is 8.89. The molecule has 0 spiro atoms. The van der Waals surface area contributed by atoms with Gasteiger partial charge >= 0.3 is 0 Å². The first-order valence-corrected chi connectivity index (χ1v) is 6.35. The summed E-state index contributed by atoms with van der Waals surface area (Å²) in [6.45, 7) is 2.41. The first-order valence-electron chi connectivity index (χ1n) is 5.20. The van der Waals surface area contributed by atoms with Crippen LogP contribution in [0.4, 0.5) is 0 Å². The van der Waals surface area contributed by atoms with Gasteiger partial charge in [-0.05, 0) is 18.8 Å². The van der Waals surface area contributed by atoms with E-state index in [0.29, 0.717) is 0 Å². The van der Waals surface area contributed by atoms with Crippen LogP contribution in [0.25, 0.3) is 0 Å². The van der Waals surface area contributed by atoms with Crippen molar-refractivity contribution in [1.82, 2.24) is 5.32 Å². The van der Waals surface area contributed by atoms with Crippen LogP contribution in [0.5, 0.6) is 0 Å². The third kappa shape index (κ3) is 1.97. The molecular weight excluding hydrogens is 166 g/mol. The second-order valence-electron chi connectivity index (χ2n) is 4.27. The Bertz CT molecular complexity index is 145. The number of nitrogens with one attached hydrogen (secondary N) is 1. The highest BCUT2D eigenvalue weighted by Gasteiger charge is 2.26. The standard InChI is InChI=1S/C10H19NS/c1-8-4-2-3-5-10(8)11-9-6-12-7-9/h8-11H,2-7H2,1H3. The lowest BCUT2D eigenvalue weighted by Crippen LogP contribution is -2.49. The third-order valence-electron chi connectivity index (χ3n) is 3.20. The Hall–Kier alpha value is 0.310. The van der Waals surface area contributed by atoms with E-state index in [4.69, 9.17) is 0 Å². The van der Waals surface area contributed by atoms with E-state index < -0.39 is 0 Å². The molecule has 1 aliphatic heterocycles. The smallest absolute Gasteiger partial charge is 0.0251 e. The highest BCUT2D eigenvalue weighted by Crippen LogP contribution is 2.26. The van der Waals surface area contributed by atoms with Crippen LogP contribution < -0.4 is 5.32 Å². The predicted molar refractivity (Wildman–Crippen MR) is 55.7 cm³/mol. The summed E-state index contributed by atoms with van der Waals surface area (Å²) < 4.78 is 0. The Labute approximate surface area is 79.7 Å². The molecule has 1 nitrogen and oxygen atoms in total. The highest BCUT2D eigenvalue weighted by molar-refractivity contribution is 8.00. The second kappa shape index (κ2) is 4.01. The summed E-state index contributed by atoms with van der Waals surface area (Å²) in [4.78, 5) is 0. The summed E-state index contributed by atoms with van der Waals surface area (Å²) >= 11 is 2.07. The molecule has 1 aliphatic carbocycles. The van der Waals surface area contributed by atoms with Gasteiger partial charge in [-0.3, -0.25) is 0 Å². The molecule has 1 N–H and O–H groups in total. The molecule has 0 radical (unpaired) electrons. The van der Waals surface area contributed by atoms with Gasteiger partial charge in [0.05, 0.1) is 0 Å². The molecular formula is C10H19NS. The van der Waals surface area contributed by atoms with E-state index >= 15 is 0 Å². The van der Waals surface area contributed by atoms with Crippen LogP contribution in [0.3, 0.4) is 0 Å². The van der Waals surface area contributed by atoms with Gasteiger partial charge in [0.2, 0.25) is 0 Å². The van der Waals surface area contributed by atoms with Crippen LogP contribution in [0, 0.1) is 5.92 Å². The van der Waals surface area contributed by atoms with Gasteiger partial charge in [-0.1, -0.05) is 19.8 Å². The van der Waals surface area contributed by atoms with Crippen molar-refractivity contribution in [3.8, 4) is 0 Å². The largest absolute Gasteiger partial charge is 0.309 e. The Kier molecular flexibility index (Phi) is 2.97. The average Bonchev–Trinajstić information content (AvgIpc) is 2.00. The average molecular weight is 185 g/mol. The molecule has 1 heterocycles. The number of thioether (sulfide) groups is 1. The lowest BCUT2D eigenvalue weighted by Gasteiger charge is -2.36. The first-order chi connectivity index (χ1) is 5.86. The van der Waals surface area contributed by atoms with Crippen molar-refractivity contribution < 1.29 is 0 Å². The molecule has 2 rings (SSSR count). The van der Waals surface area contributed by atoms with Gasteiger partial charge < -0.3 is 5.32 Å². The maximum Gasteiger partial charge on any atom is 0.0251 e. The Balaban J connectivity index is 1.76. The van der Waals surface area contributed by atoms with E-state index in [0.717, 1.165) is 18.0 Å². The van der Waals surface area contributed by atoms with Gasteiger partial charge in [-0.2, -0.15) is 11.8 Å². The minimum absolute atomic E-state index is 0.838. The summed E-state index contributed by atoms with van der Waals surface area (Å²) in [6.07, 6.45) is 5.76. The molecule has 0 bridgehead atoms. The quantitative estimate of drug-likeness (QED) is 0.708. The van der Waals surface area contributed by atoms with Gasteiger partial charge in [-0.25, -0.2) is 0 Å². The number of rotatable bonds is 2. The summed E-state index contributed by atoms with van der Waals surface area (Å²) in [7, 11) is 0. The minimum atomic E-state index is 0.838. The molecule has 70 valence electrons. The predicted octanol–water partition coefficient (Wildman–Crippen LogP) is 2.27. The minimum Gasteiger partial charge on any atom is -0.309 e. The lowest BCUT2D eigenvalue weighted by molar-refractivity contribution is 0.266. The summed E-state index contributed by atoms with van der Waals surface area (Å²) in [5, 5.41) is 3.78. The van der Waals surface area contributed by atoms with Crippen LogP contribution in [0.15, 0.2) is 0 Å². The summed E-state index contributed by atoms with van der Waals surface area (Å²) in [5.74, 6) is 3.62. The molecule has 12 heavy (non-hydrogen) atoms. The van der Waals surface area contributed by atoms with E-state index in [1.807, 2.05) is 0 Å². The second-order valence-corrected chi connectivity index (χ2v) is 5.34. The van der Waals surface area contributed by atoms with E-state index in [1.54, 1.807) is 0 Å². The molecule has 0 aromatic rings. The fourth-order valence-corrected chi connectivity index (χ4v) is 2.86. The fourth-order valence-electron chi connectivity index (χ4n) is 2.20. The van der Waals surface area contributed by atoms with E-state index in [9.17, 15) is 0 Å². The summed E-state index contributed by atoms with van der Waals surface area (Å²) in [6, 6.07) is 1.69. The normalized spacial score (nSPS) is 37.8. The molecule has 1 saturated carbocycles. The monoisotopic (exact) mass is 185 g/mol. The Morgan fingerprint density at radius 3 is 2.50 bits per heavy atom. The molecule has 0 aromatic carbocycles. The van der Waals surface area contributed by atoms with Crippen LogP contribution in [-0.4, -0.2) is 23.6 Å². The zero-order chi connectivity index (χ0) is 8.39. The molecule has 2 unspecified atom stereocenters. The maximum atomic E-state index is 3.78. The Morgan fingerprint density at radius 1 is 1.17 bits per heavy atom. The van der Waals surface area contributed by atoms with Crippen LogP contribution in [0.2, 0.25) is 0 Å². The molecule has 2 aliphatic rings. The van der Waals surface area contributed by atoms with Crippen LogP contribution in [0.1, 0.15) is 32.6 Å². The third-order valence-corrected chi connectivity index (χ3v) is 4.48. The highest BCUT2D eigenvalue weighted by atomic mass is 32.2. The van der Waals surface area contributed by atoms with E-state index in [2.05, 4.69) is 24.0 Å². The maximum absolute atomic E-state index is 3.78. The number of hydrogen-bond donors (Lipinski definition) is 1. The molecule has 1 saturated heterocycles. The van der Waals surface area contributed by atoms with Gasteiger partial charge in [0.15, 0.2) is 0 Å². The Morgan fingerprint density at radius 2 is 1.92 bits per heavy atom. The van der Waals surface area contributed by atoms with Crippen molar-refractivity contribution in [3.63, 3.8) is 0 Å². The van der Waals surface area contributed by atoms with Crippen LogP contribution in [-0.2, 0) is 0 Å². The van der Waals surface area contributed by atoms with Crippen molar-refractivity contribution in [2.75, 3.05) is 11.5 Å². The van der Waals surface area contributed by atoms with Crippen molar-refractivity contribution in [2.45, 2.75) is 44.7 Å². The van der Waals surface area contributed by atoms with Gasteiger partial charge in [0.25, 0.3) is 0 Å². The summed E-state index contributed by atoms with van der Waals surface area (Å²) in [5.41, 5.74) is 0. The molecule has 2 atom stereocenters. The lowest BCUT2D eigenvalue weighted by atomic mass is 9.85. The SMILES string of the molecule is CC1CCCCC1NC1CSC1. The van der Waals surface area contributed by atoms with Gasteiger partial charge in [0, 0.05) is 23.6 Å². The van der Waals surface area contributed by atoms with Crippen molar-refractivity contribution in [1.29, 1.82) is 0 Å². The fraction of sp³-hybridized carbons (Fsp3) is 1.00. The topological polar surface area (TPSA) is 12.0 Å². The van der Waals surface area contributed by atoms with Crippen molar-refractivity contribution in [2.24, 2.45) is 5.92 Å². The molecule has 0 amide bonds. The number of hydrogen-bond acceptors (Lipinski definition) is 2. The van der Waals surface area contributed by atoms with Crippen molar-refractivity contribution in [3.05, 3.63) is 0 Å². The van der Waals surface area contributed by atoms with Crippen molar-refractivity contribution >= 4 is 11.8 Å². The van der Waals surface area contributed by atoms with Gasteiger partial charge in [-0.15, -0.1) is 0 Å². The zero-order valence-electron chi connectivity index (χ0n) is 7.88.